The van der Waals surface area contributed by atoms with E-state index in [1.54, 1.807) is 30.3 Å². The molecule has 0 aliphatic carbocycles. The third-order valence-electron chi connectivity index (χ3n) is 2.88. The molecule has 1 aromatic heterocycles. The molecule has 1 atom stereocenters. The highest BCUT2D eigenvalue weighted by atomic mass is 79.9. The summed E-state index contributed by atoms with van der Waals surface area (Å²) in [6.07, 6.45) is 0. The minimum atomic E-state index is -1.57. The van der Waals surface area contributed by atoms with Crippen LogP contribution in [-0.2, 0) is 16.6 Å². The predicted molar refractivity (Wildman–Crippen MR) is 82.6 cm³/mol. The minimum Gasteiger partial charge on any atom is -0.430 e. The van der Waals surface area contributed by atoms with Crippen LogP contribution in [0.3, 0.4) is 0 Å². The third-order valence-corrected chi connectivity index (χ3v) is 4.51. The zero-order valence-electron chi connectivity index (χ0n) is 10.7. The van der Waals surface area contributed by atoms with Gasteiger partial charge in [0.25, 0.3) is 5.22 Å². The fourth-order valence-electron chi connectivity index (χ4n) is 1.87. The second kappa shape index (κ2) is 5.57. The van der Waals surface area contributed by atoms with Gasteiger partial charge in [0.15, 0.2) is 5.58 Å². The molecule has 2 aromatic carbocycles. The molecule has 0 saturated heterocycles. The Bertz CT molecular complexity index is 850. The number of fused-ring (bicyclic) bond motifs is 1. The second-order valence-corrected chi connectivity index (χ2v) is 6.68. The number of aromatic nitrogens is 1. The van der Waals surface area contributed by atoms with Crippen LogP contribution in [-0.4, -0.2) is 9.19 Å². The Balaban J connectivity index is 1.91. The van der Waals surface area contributed by atoms with E-state index in [1.165, 1.54) is 6.07 Å². The maximum absolute atomic E-state index is 13.7. The van der Waals surface area contributed by atoms with Crippen molar-refractivity contribution in [2.75, 3.05) is 5.73 Å². The lowest BCUT2D eigenvalue weighted by Crippen LogP contribution is -1.99. The maximum Gasteiger partial charge on any atom is 0.288 e. The number of hydrogen-bond donors (Lipinski definition) is 1. The maximum atomic E-state index is 13.7. The van der Waals surface area contributed by atoms with Gasteiger partial charge in [0.05, 0.1) is 5.75 Å². The lowest BCUT2D eigenvalue weighted by Gasteiger charge is -2.01. The Kier molecular flexibility index (Phi) is 3.77. The lowest BCUT2D eigenvalue weighted by atomic mass is 10.2. The molecular formula is C14H10BrFN2O2S. The molecule has 0 aliphatic rings. The smallest absolute Gasteiger partial charge is 0.288 e. The molecule has 1 heterocycles. The van der Waals surface area contributed by atoms with Crippen molar-refractivity contribution in [3.8, 4) is 0 Å². The topological polar surface area (TPSA) is 69.1 Å². The van der Waals surface area contributed by atoms with E-state index in [9.17, 15) is 8.60 Å². The number of anilines is 1. The fraction of sp³-hybridized carbons (Fsp3) is 0.0714. The van der Waals surface area contributed by atoms with Crippen LogP contribution in [0.1, 0.15) is 5.56 Å². The molecular weight excluding hydrogens is 359 g/mol. The first-order chi connectivity index (χ1) is 10.0. The van der Waals surface area contributed by atoms with Crippen LogP contribution in [0.25, 0.3) is 11.1 Å². The molecule has 21 heavy (non-hydrogen) atoms. The zero-order chi connectivity index (χ0) is 15.0. The molecule has 4 nitrogen and oxygen atoms in total. The van der Waals surface area contributed by atoms with Gasteiger partial charge in [0.2, 0.25) is 0 Å². The molecule has 0 aliphatic heterocycles. The minimum absolute atomic E-state index is 0.00637. The van der Waals surface area contributed by atoms with Gasteiger partial charge in [-0.05, 0) is 30.3 Å². The number of nitrogen functional groups attached to an aromatic ring is 1. The van der Waals surface area contributed by atoms with Gasteiger partial charge in [-0.1, -0.05) is 15.9 Å². The van der Waals surface area contributed by atoms with Gasteiger partial charge >= 0.3 is 0 Å². The zero-order valence-corrected chi connectivity index (χ0v) is 13.1. The van der Waals surface area contributed by atoms with Crippen molar-refractivity contribution >= 4 is 43.5 Å². The van der Waals surface area contributed by atoms with Gasteiger partial charge in [0, 0.05) is 21.8 Å². The second-order valence-electron chi connectivity index (χ2n) is 4.43. The summed E-state index contributed by atoms with van der Waals surface area (Å²) in [4.78, 5) is 4.15. The van der Waals surface area contributed by atoms with E-state index in [0.29, 0.717) is 22.4 Å². The van der Waals surface area contributed by atoms with E-state index in [1.807, 2.05) is 0 Å². The Labute approximate surface area is 130 Å². The van der Waals surface area contributed by atoms with Gasteiger partial charge in [0.1, 0.15) is 22.1 Å². The summed E-state index contributed by atoms with van der Waals surface area (Å²) in [6.45, 7) is 0. The number of nitrogens with zero attached hydrogens (tertiary/aromatic N) is 1. The van der Waals surface area contributed by atoms with Crippen LogP contribution in [0.2, 0.25) is 0 Å². The molecule has 0 bridgehead atoms. The molecule has 0 radical (unpaired) electrons. The first-order valence-electron chi connectivity index (χ1n) is 6.01. The van der Waals surface area contributed by atoms with Crippen molar-refractivity contribution in [2.24, 2.45) is 0 Å². The number of nitrogens with two attached hydrogens (primary N) is 1. The molecule has 0 amide bonds. The van der Waals surface area contributed by atoms with E-state index in [0.717, 1.165) is 4.47 Å². The normalized spacial score (nSPS) is 12.7. The van der Waals surface area contributed by atoms with Crippen molar-refractivity contribution in [1.29, 1.82) is 0 Å². The van der Waals surface area contributed by atoms with Crippen LogP contribution in [0.4, 0.5) is 10.1 Å². The van der Waals surface area contributed by atoms with Gasteiger partial charge in [-0.15, -0.1) is 0 Å². The molecule has 1 unspecified atom stereocenters. The molecule has 108 valence electrons. The number of oxazole rings is 1. The summed E-state index contributed by atoms with van der Waals surface area (Å²) in [5.41, 5.74) is 7.56. The van der Waals surface area contributed by atoms with Crippen molar-refractivity contribution in [3.63, 3.8) is 0 Å². The van der Waals surface area contributed by atoms with Gasteiger partial charge < -0.3 is 10.2 Å². The summed E-state index contributed by atoms with van der Waals surface area (Å²) in [5, 5.41) is 0.0648. The summed E-state index contributed by atoms with van der Waals surface area (Å²) < 4.78 is 32.1. The largest absolute Gasteiger partial charge is 0.430 e. The standard InChI is InChI=1S/C14H10BrFN2O2S/c15-9-1-3-11(16)8(5-9)7-21(19)14-18-12-4-2-10(17)6-13(12)20-14/h1-6H,7,17H2. The summed E-state index contributed by atoms with van der Waals surface area (Å²) in [7, 11) is -1.57. The SMILES string of the molecule is Nc1ccc2nc(S(=O)Cc3cc(Br)ccc3F)oc2c1. The highest BCUT2D eigenvalue weighted by Crippen LogP contribution is 2.23. The van der Waals surface area contributed by atoms with Crippen molar-refractivity contribution in [1.82, 2.24) is 4.98 Å². The van der Waals surface area contributed by atoms with Crippen LogP contribution >= 0.6 is 15.9 Å². The van der Waals surface area contributed by atoms with E-state index in [2.05, 4.69) is 20.9 Å². The quantitative estimate of drug-likeness (QED) is 0.716. The summed E-state index contributed by atoms with van der Waals surface area (Å²) in [5.74, 6) is -0.417. The molecule has 3 rings (SSSR count). The monoisotopic (exact) mass is 368 g/mol. The first kappa shape index (κ1) is 14.2. The van der Waals surface area contributed by atoms with Crippen LogP contribution in [0.15, 0.2) is 50.5 Å². The van der Waals surface area contributed by atoms with Gasteiger partial charge in [-0.25, -0.2) is 13.6 Å². The highest BCUT2D eigenvalue weighted by Gasteiger charge is 2.15. The van der Waals surface area contributed by atoms with Crippen LogP contribution in [0.5, 0.6) is 0 Å². The first-order valence-corrected chi connectivity index (χ1v) is 8.12. The van der Waals surface area contributed by atoms with Crippen molar-refractivity contribution in [2.45, 2.75) is 11.0 Å². The molecule has 7 heteroatoms. The molecule has 0 fully saturated rings. The summed E-state index contributed by atoms with van der Waals surface area (Å²) >= 11 is 3.26. The van der Waals surface area contributed by atoms with Gasteiger partial charge in [-0.2, -0.15) is 0 Å². The predicted octanol–water partition coefficient (Wildman–Crippen LogP) is 3.62. The van der Waals surface area contributed by atoms with E-state index >= 15 is 0 Å². The van der Waals surface area contributed by atoms with Crippen molar-refractivity contribution in [3.05, 3.63) is 52.3 Å². The average molecular weight is 369 g/mol. The van der Waals surface area contributed by atoms with Crippen LogP contribution < -0.4 is 5.73 Å². The van der Waals surface area contributed by atoms with E-state index in [-0.39, 0.29) is 11.0 Å². The Morgan fingerprint density at radius 3 is 2.90 bits per heavy atom. The average Bonchev–Trinajstić information content (AvgIpc) is 2.86. The highest BCUT2D eigenvalue weighted by molar-refractivity contribution is 9.10. The Morgan fingerprint density at radius 2 is 2.10 bits per heavy atom. The number of rotatable bonds is 3. The summed E-state index contributed by atoms with van der Waals surface area (Å²) in [6, 6.07) is 9.49. The Morgan fingerprint density at radius 1 is 1.29 bits per heavy atom. The molecule has 0 saturated carbocycles. The van der Waals surface area contributed by atoms with Gasteiger partial charge in [-0.3, -0.25) is 0 Å². The number of halogens is 2. The number of benzene rings is 2. The molecule has 3 aromatic rings. The third kappa shape index (κ3) is 2.98. The number of hydrogen-bond acceptors (Lipinski definition) is 4. The fourth-order valence-corrected chi connectivity index (χ4v) is 3.29. The molecule has 2 N–H and O–H groups in total. The van der Waals surface area contributed by atoms with E-state index in [4.69, 9.17) is 10.2 Å². The van der Waals surface area contributed by atoms with Crippen molar-refractivity contribution < 1.29 is 13.0 Å². The van der Waals surface area contributed by atoms with E-state index < -0.39 is 16.6 Å². The molecule has 0 spiro atoms. The van der Waals surface area contributed by atoms with Crippen LogP contribution in [0, 0.1) is 5.82 Å². The lowest BCUT2D eigenvalue weighted by molar-refractivity contribution is 0.477. The Hall–Kier alpha value is -1.73.